The Bertz CT molecular complexity index is 532. The second-order valence-electron chi connectivity index (χ2n) is 16.1. The molecule has 0 spiro atoms. The lowest BCUT2D eigenvalue weighted by molar-refractivity contribution is 0.256. The molecular formula is C45H94N2. The van der Waals surface area contributed by atoms with Crippen molar-refractivity contribution in [2.75, 3.05) is 33.2 Å². The van der Waals surface area contributed by atoms with E-state index < -0.39 is 0 Å². The second-order valence-corrected chi connectivity index (χ2v) is 16.1. The third-order valence-corrected chi connectivity index (χ3v) is 11.1. The van der Waals surface area contributed by atoms with Crippen LogP contribution in [0, 0.1) is 11.8 Å². The van der Waals surface area contributed by atoms with Crippen molar-refractivity contribution in [2.45, 2.75) is 246 Å². The van der Waals surface area contributed by atoms with Crippen LogP contribution >= 0.6 is 0 Å². The van der Waals surface area contributed by atoms with Gasteiger partial charge in [0.2, 0.25) is 0 Å². The Balaban J connectivity index is 4.06. The van der Waals surface area contributed by atoms with E-state index in [-0.39, 0.29) is 0 Å². The lowest BCUT2D eigenvalue weighted by Gasteiger charge is -2.22. The molecule has 0 amide bonds. The fraction of sp³-hybridized carbons (Fsp3) is 1.00. The molecule has 0 heterocycles. The molecule has 0 aromatic rings. The van der Waals surface area contributed by atoms with Crippen molar-refractivity contribution >= 4 is 0 Å². The Morgan fingerprint density at radius 2 is 0.660 bits per heavy atom. The predicted octanol–water partition coefficient (Wildman–Crippen LogP) is 15.1. The van der Waals surface area contributed by atoms with Gasteiger partial charge in [0.1, 0.15) is 0 Å². The summed E-state index contributed by atoms with van der Waals surface area (Å²) in [5.74, 6) is 1.97. The first-order valence-corrected chi connectivity index (χ1v) is 22.5. The molecule has 0 bridgehead atoms. The molecule has 1 atom stereocenters. The Morgan fingerprint density at radius 1 is 0.362 bits per heavy atom. The van der Waals surface area contributed by atoms with Crippen molar-refractivity contribution in [2.24, 2.45) is 11.8 Å². The summed E-state index contributed by atoms with van der Waals surface area (Å²) in [7, 11) is 2.10. The van der Waals surface area contributed by atoms with Crippen LogP contribution in [0.25, 0.3) is 0 Å². The summed E-state index contributed by atoms with van der Waals surface area (Å²) in [5, 5.41) is 3.37. The molecule has 0 aliphatic rings. The number of nitrogens with one attached hydrogen (secondary N) is 1. The maximum absolute atomic E-state index is 3.37. The van der Waals surface area contributed by atoms with Gasteiger partial charge in [-0.2, -0.15) is 0 Å². The van der Waals surface area contributed by atoms with Gasteiger partial charge in [-0.25, -0.2) is 0 Å². The molecule has 1 unspecified atom stereocenters. The Hall–Kier alpha value is -0.0800. The van der Waals surface area contributed by atoms with E-state index in [1.165, 1.54) is 238 Å². The minimum absolute atomic E-state index is 0.949. The minimum Gasteiger partial charge on any atom is -0.320 e. The summed E-state index contributed by atoms with van der Waals surface area (Å²) in [6.45, 7) is 14.6. The van der Waals surface area contributed by atoms with Crippen molar-refractivity contribution in [1.82, 2.24) is 10.2 Å². The Kier molecular flexibility index (Phi) is 40.3. The van der Waals surface area contributed by atoms with Gasteiger partial charge in [-0.15, -0.1) is 0 Å². The summed E-state index contributed by atoms with van der Waals surface area (Å²) in [6, 6.07) is 0. The van der Waals surface area contributed by atoms with Gasteiger partial charge in [0, 0.05) is 0 Å². The van der Waals surface area contributed by atoms with Gasteiger partial charge in [0.25, 0.3) is 0 Å². The highest BCUT2D eigenvalue weighted by molar-refractivity contribution is 4.64. The Morgan fingerprint density at radius 3 is 1.02 bits per heavy atom. The third kappa shape index (κ3) is 37.0. The van der Waals surface area contributed by atoms with Gasteiger partial charge in [0.05, 0.1) is 0 Å². The standard InChI is InChI=1S/C45H94N2/c1-6-9-12-15-22-29-37-45(38-30-23-16-13-10-7-2)39-31-24-19-26-33-42-47(43-34-40-46-5)41-32-25-18-17-21-28-36-44(4)35-27-20-14-11-8-3/h44-46H,6-43H2,1-5H3. The van der Waals surface area contributed by atoms with E-state index in [9.17, 15) is 0 Å². The molecular weight excluding hydrogens is 569 g/mol. The molecule has 0 rings (SSSR count). The highest BCUT2D eigenvalue weighted by atomic mass is 15.1. The quantitative estimate of drug-likeness (QED) is 0.0655. The number of hydrogen-bond acceptors (Lipinski definition) is 2. The molecule has 1 N–H and O–H groups in total. The van der Waals surface area contributed by atoms with Crippen molar-refractivity contribution in [3.8, 4) is 0 Å². The molecule has 2 heteroatoms. The van der Waals surface area contributed by atoms with Crippen molar-refractivity contribution < 1.29 is 0 Å². The molecule has 0 aromatic carbocycles. The SMILES string of the molecule is CCCCCCCCC(CCCCCCCC)CCCCCCCN(CCCCCCCCC(C)CCCCCCC)CCCNC. The predicted molar refractivity (Wildman–Crippen MR) is 217 cm³/mol. The normalized spacial score (nSPS) is 12.6. The first kappa shape index (κ1) is 46.9. The van der Waals surface area contributed by atoms with E-state index >= 15 is 0 Å². The number of unbranched alkanes of at least 4 members (excludes halogenated alkanes) is 23. The van der Waals surface area contributed by atoms with Crippen molar-refractivity contribution in [1.29, 1.82) is 0 Å². The average molecular weight is 663 g/mol. The maximum Gasteiger partial charge on any atom is -0.000664 e. The topological polar surface area (TPSA) is 15.3 Å². The molecule has 0 radical (unpaired) electrons. The van der Waals surface area contributed by atoms with Crippen molar-refractivity contribution in [3.05, 3.63) is 0 Å². The van der Waals surface area contributed by atoms with Crippen LogP contribution in [-0.4, -0.2) is 38.1 Å². The van der Waals surface area contributed by atoms with Crippen LogP contribution in [0.15, 0.2) is 0 Å². The smallest absolute Gasteiger partial charge is 0.000664 e. The van der Waals surface area contributed by atoms with E-state index in [1.54, 1.807) is 0 Å². The first-order valence-electron chi connectivity index (χ1n) is 22.5. The fourth-order valence-corrected chi connectivity index (χ4v) is 7.75. The lowest BCUT2D eigenvalue weighted by Crippen LogP contribution is -2.29. The monoisotopic (exact) mass is 663 g/mol. The van der Waals surface area contributed by atoms with Crippen LogP contribution in [-0.2, 0) is 0 Å². The molecule has 47 heavy (non-hydrogen) atoms. The van der Waals surface area contributed by atoms with E-state index in [4.69, 9.17) is 0 Å². The molecule has 0 aliphatic carbocycles. The molecule has 0 saturated carbocycles. The summed E-state index contributed by atoms with van der Waals surface area (Å²) >= 11 is 0. The van der Waals surface area contributed by atoms with Gasteiger partial charge < -0.3 is 10.2 Å². The zero-order valence-electron chi connectivity index (χ0n) is 34.0. The highest BCUT2D eigenvalue weighted by Crippen LogP contribution is 2.25. The molecule has 0 fully saturated rings. The lowest BCUT2D eigenvalue weighted by atomic mass is 9.89. The average Bonchev–Trinajstić information content (AvgIpc) is 3.07. The van der Waals surface area contributed by atoms with E-state index in [0.29, 0.717) is 0 Å². The number of hydrogen-bond donors (Lipinski definition) is 1. The first-order chi connectivity index (χ1) is 23.2. The molecule has 0 aliphatic heterocycles. The van der Waals surface area contributed by atoms with Crippen LogP contribution in [0.5, 0.6) is 0 Å². The summed E-state index contributed by atoms with van der Waals surface area (Å²) in [5.41, 5.74) is 0. The van der Waals surface area contributed by atoms with E-state index in [2.05, 4.69) is 45.0 Å². The van der Waals surface area contributed by atoms with Crippen LogP contribution in [0.1, 0.15) is 246 Å². The van der Waals surface area contributed by atoms with E-state index in [1.807, 2.05) is 0 Å². The third-order valence-electron chi connectivity index (χ3n) is 11.1. The van der Waals surface area contributed by atoms with Crippen LogP contribution in [0.3, 0.4) is 0 Å². The summed E-state index contributed by atoms with van der Waals surface area (Å²) < 4.78 is 0. The zero-order valence-corrected chi connectivity index (χ0v) is 34.0. The Labute approximate surface area is 300 Å². The van der Waals surface area contributed by atoms with Gasteiger partial charge in [-0.05, 0) is 64.3 Å². The maximum atomic E-state index is 3.37. The molecule has 0 saturated heterocycles. The van der Waals surface area contributed by atoms with Crippen LogP contribution in [0.2, 0.25) is 0 Å². The van der Waals surface area contributed by atoms with Crippen LogP contribution in [0.4, 0.5) is 0 Å². The zero-order chi connectivity index (χ0) is 34.3. The fourth-order valence-electron chi connectivity index (χ4n) is 7.75. The largest absolute Gasteiger partial charge is 0.320 e. The summed E-state index contributed by atoms with van der Waals surface area (Å²) in [4.78, 5) is 2.80. The van der Waals surface area contributed by atoms with Gasteiger partial charge in [-0.3, -0.25) is 0 Å². The molecule has 284 valence electrons. The minimum atomic E-state index is 0.949. The highest BCUT2D eigenvalue weighted by Gasteiger charge is 2.10. The number of nitrogens with zero attached hydrogens (tertiary/aromatic N) is 1. The van der Waals surface area contributed by atoms with Gasteiger partial charge >= 0.3 is 0 Å². The second kappa shape index (κ2) is 40.4. The van der Waals surface area contributed by atoms with Gasteiger partial charge in [0.15, 0.2) is 0 Å². The summed E-state index contributed by atoms with van der Waals surface area (Å²) in [6.07, 6.45) is 49.3. The number of rotatable bonds is 41. The van der Waals surface area contributed by atoms with Gasteiger partial charge in [-0.1, -0.05) is 227 Å². The van der Waals surface area contributed by atoms with E-state index in [0.717, 1.165) is 18.4 Å². The molecule has 2 nitrogen and oxygen atoms in total. The van der Waals surface area contributed by atoms with Crippen molar-refractivity contribution in [3.63, 3.8) is 0 Å². The van der Waals surface area contributed by atoms with Crippen LogP contribution < -0.4 is 5.32 Å². The molecule has 0 aromatic heterocycles.